The first-order valence-electron chi connectivity index (χ1n) is 4.97. The summed E-state index contributed by atoms with van der Waals surface area (Å²) in [4.78, 5) is 10.5. The summed E-state index contributed by atoms with van der Waals surface area (Å²) in [6, 6.07) is 3.19. The molecule has 0 aliphatic rings. The highest BCUT2D eigenvalue weighted by molar-refractivity contribution is 5.85. The average Bonchev–Trinajstić information content (AvgIpc) is 2.88. The van der Waals surface area contributed by atoms with Crippen molar-refractivity contribution in [3.63, 3.8) is 0 Å². The quantitative estimate of drug-likeness (QED) is 0.798. The van der Waals surface area contributed by atoms with Gasteiger partial charge in [0.1, 0.15) is 0 Å². The van der Waals surface area contributed by atoms with Gasteiger partial charge >= 0.3 is 5.97 Å². The van der Waals surface area contributed by atoms with Crippen LogP contribution in [0.5, 0.6) is 0 Å². The molecule has 7 nitrogen and oxygen atoms in total. The Balaban J connectivity index is 1.83. The number of carboxylic acid groups (broad SMARTS) is 1. The number of aromatic carboxylic acids is 1. The van der Waals surface area contributed by atoms with E-state index < -0.39 is 5.97 Å². The van der Waals surface area contributed by atoms with Gasteiger partial charge in [-0.3, -0.25) is 0 Å². The average molecular weight is 237 g/mol. The second kappa shape index (κ2) is 4.79. The monoisotopic (exact) mass is 237 g/mol. The summed E-state index contributed by atoms with van der Waals surface area (Å²) >= 11 is 0. The van der Waals surface area contributed by atoms with Crippen molar-refractivity contribution in [1.29, 1.82) is 0 Å². The van der Waals surface area contributed by atoms with Crippen LogP contribution < -0.4 is 5.32 Å². The summed E-state index contributed by atoms with van der Waals surface area (Å²) in [5, 5.41) is 18.8. The number of aromatic nitrogens is 2. The zero-order chi connectivity index (χ0) is 12.3. The minimum Gasteiger partial charge on any atom is -0.476 e. The van der Waals surface area contributed by atoms with E-state index in [0.29, 0.717) is 24.6 Å². The summed E-state index contributed by atoms with van der Waals surface area (Å²) in [5.74, 6) is 0.0602. The third-order valence-corrected chi connectivity index (χ3v) is 2.05. The van der Waals surface area contributed by atoms with Crippen LogP contribution in [0.1, 0.15) is 27.7 Å². The van der Waals surface area contributed by atoms with E-state index in [1.165, 1.54) is 6.07 Å². The zero-order valence-corrected chi connectivity index (χ0v) is 9.14. The number of aryl methyl sites for hydroxylation is 1. The Bertz CT molecular complexity index is 517. The van der Waals surface area contributed by atoms with Crippen molar-refractivity contribution in [2.45, 2.75) is 20.0 Å². The molecule has 0 saturated heterocycles. The Morgan fingerprint density at radius 3 is 2.47 bits per heavy atom. The van der Waals surface area contributed by atoms with Gasteiger partial charge in [-0.15, -0.1) is 0 Å². The van der Waals surface area contributed by atoms with Gasteiger partial charge in [0.25, 0.3) is 0 Å². The third-order valence-electron chi connectivity index (χ3n) is 2.05. The molecule has 2 N–H and O–H groups in total. The number of rotatable bonds is 5. The number of hydrogen-bond acceptors (Lipinski definition) is 6. The number of hydrogen-bond donors (Lipinski definition) is 2. The molecule has 0 saturated carbocycles. The van der Waals surface area contributed by atoms with Crippen molar-refractivity contribution in [2.75, 3.05) is 0 Å². The number of carbonyl (C=O) groups is 1. The molecular weight excluding hydrogens is 226 g/mol. The summed E-state index contributed by atoms with van der Waals surface area (Å²) in [6.45, 7) is 2.70. The SMILES string of the molecule is Cc1cc(CNCc2cc(C(=O)O)no2)on1. The van der Waals surface area contributed by atoms with E-state index in [-0.39, 0.29) is 5.69 Å². The molecule has 90 valence electrons. The highest BCUT2D eigenvalue weighted by Gasteiger charge is 2.10. The predicted molar refractivity (Wildman–Crippen MR) is 55.2 cm³/mol. The minimum atomic E-state index is -1.11. The Morgan fingerprint density at radius 1 is 1.29 bits per heavy atom. The van der Waals surface area contributed by atoms with Gasteiger partial charge in [0, 0.05) is 12.1 Å². The molecule has 0 aliphatic carbocycles. The molecule has 0 atom stereocenters. The molecule has 0 spiro atoms. The molecule has 0 fully saturated rings. The lowest BCUT2D eigenvalue weighted by molar-refractivity contribution is 0.0685. The lowest BCUT2D eigenvalue weighted by Gasteiger charge is -1.96. The fourth-order valence-electron chi connectivity index (χ4n) is 1.31. The molecule has 0 radical (unpaired) electrons. The van der Waals surface area contributed by atoms with Gasteiger partial charge in [0.2, 0.25) is 0 Å². The molecule has 2 aromatic heterocycles. The molecule has 7 heteroatoms. The highest BCUT2D eigenvalue weighted by atomic mass is 16.5. The van der Waals surface area contributed by atoms with Crippen LogP contribution in [0.2, 0.25) is 0 Å². The summed E-state index contributed by atoms with van der Waals surface area (Å²) in [6.07, 6.45) is 0. The van der Waals surface area contributed by atoms with Gasteiger partial charge in [-0.25, -0.2) is 4.79 Å². The van der Waals surface area contributed by atoms with Crippen molar-refractivity contribution in [1.82, 2.24) is 15.6 Å². The molecule has 0 amide bonds. The molecule has 2 aromatic rings. The number of nitrogens with one attached hydrogen (secondary N) is 1. The van der Waals surface area contributed by atoms with Crippen molar-refractivity contribution in [3.8, 4) is 0 Å². The fraction of sp³-hybridized carbons (Fsp3) is 0.300. The first-order valence-corrected chi connectivity index (χ1v) is 4.97. The Labute approximate surface area is 96.4 Å². The maximum absolute atomic E-state index is 10.5. The van der Waals surface area contributed by atoms with Crippen molar-refractivity contribution in [3.05, 3.63) is 35.0 Å². The second-order valence-corrected chi connectivity index (χ2v) is 3.52. The van der Waals surface area contributed by atoms with E-state index in [1.807, 2.05) is 13.0 Å². The van der Waals surface area contributed by atoms with Crippen molar-refractivity contribution >= 4 is 5.97 Å². The zero-order valence-electron chi connectivity index (χ0n) is 9.14. The molecule has 0 bridgehead atoms. The Morgan fingerprint density at radius 2 is 1.94 bits per heavy atom. The molecular formula is C10H11N3O4. The van der Waals surface area contributed by atoms with E-state index in [2.05, 4.69) is 15.6 Å². The largest absolute Gasteiger partial charge is 0.476 e. The van der Waals surface area contributed by atoms with Gasteiger partial charge < -0.3 is 19.5 Å². The van der Waals surface area contributed by atoms with Crippen LogP contribution in [-0.4, -0.2) is 21.4 Å². The maximum Gasteiger partial charge on any atom is 0.358 e. The van der Waals surface area contributed by atoms with E-state index in [9.17, 15) is 4.79 Å². The maximum atomic E-state index is 10.5. The van der Waals surface area contributed by atoms with Crippen molar-refractivity contribution < 1.29 is 18.9 Å². The topological polar surface area (TPSA) is 101 Å². The lowest BCUT2D eigenvalue weighted by atomic mass is 10.3. The van der Waals surface area contributed by atoms with Crippen LogP contribution in [0.25, 0.3) is 0 Å². The van der Waals surface area contributed by atoms with E-state index in [1.54, 1.807) is 0 Å². The van der Waals surface area contributed by atoms with E-state index in [0.717, 1.165) is 5.69 Å². The first kappa shape index (κ1) is 11.3. The summed E-state index contributed by atoms with van der Waals surface area (Å²) in [7, 11) is 0. The standard InChI is InChI=1S/C10H11N3O4/c1-6-2-7(16-12-6)4-11-5-8-3-9(10(14)15)13-17-8/h2-3,11H,4-5H2,1H3,(H,14,15). The lowest BCUT2D eigenvalue weighted by Crippen LogP contribution is -2.11. The van der Waals surface area contributed by atoms with E-state index in [4.69, 9.17) is 14.2 Å². The molecule has 17 heavy (non-hydrogen) atoms. The van der Waals surface area contributed by atoms with Crippen LogP contribution in [0.4, 0.5) is 0 Å². The fourth-order valence-corrected chi connectivity index (χ4v) is 1.31. The highest BCUT2D eigenvalue weighted by Crippen LogP contribution is 2.05. The molecule has 2 heterocycles. The second-order valence-electron chi connectivity index (χ2n) is 3.52. The predicted octanol–water partition coefficient (Wildman–Crippen LogP) is 0.959. The Kier molecular flexibility index (Phi) is 3.20. The van der Waals surface area contributed by atoms with E-state index >= 15 is 0 Å². The van der Waals surface area contributed by atoms with Gasteiger partial charge in [-0.05, 0) is 6.92 Å². The summed E-state index contributed by atoms with van der Waals surface area (Å²) < 4.78 is 9.82. The minimum absolute atomic E-state index is 0.0997. The first-order chi connectivity index (χ1) is 8.15. The van der Waals surface area contributed by atoms with Crippen LogP contribution in [-0.2, 0) is 13.1 Å². The molecule has 0 unspecified atom stereocenters. The van der Waals surface area contributed by atoms with Crippen LogP contribution in [0, 0.1) is 6.92 Å². The van der Waals surface area contributed by atoms with Gasteiger partial charge in [-0.1, -0.05) is 10.3 Å². The summed E-state index contributed by atoms with van der Waals surface area (Å²) in [5.41, 5.74) is 0.715. The van der Waals surface area contributed by atoms with Gasteiger partial charge in [0.15, 0.2) is 17.2 Å². The van der Waals surface area contributed by atoms with Crippen molar-refractivity contribution in [2.24, 2.45) is 0 Å². The van der Waals surface area contributed by atoms with Crippen LogP contribution in [0.15, 0.2) is 21.2 Å². The number of nitrogens with zero attached hydrogens (tertiary/aromatic N) is 2. The third kappa shape index (κ3) is 2.91. The van der Waals surface area contributed by atoms with Crippen LogP contribution in [0.3, 0.4) is 0 Å². The Hall–Kier alpha value is -2.15. The molecule has 2 rings (SSSR count). The smallest absolute Gasteiger partial charge is 0.358 e. The molecule has 0 aromatic carbocycles. The van der Waals surface area contributed by atoms with Gasteiger partial charge in [-0.2, -0.15) is 0 Å². The number of carboxylic acids is 1. The molecule has 0 aliphatic heterocycles. The normalized spacial score (nSPS) is 10.6. The van der Waals surface area contributed by atoms with Gasteiger partial charge in [0.05, 0.1) is 18.8 Å². The van der Waals surface area contributed by atoms with Crippen LogP contribution >= 0.6 is 0 Å².